The van der Waals surface area contributed by atoms with E-state index in [9.17, 15) is 0 Å². The van der Waals surface area contributed by atoms with Gasteiger partial charge in [0.25, 0.3) is 0 Å². The maximum absolute atomic E-state index is 4.46. The Bertz CT molecular complexity index is 786. The number of hydrogen-bond acceptors (Lipinski definition) is 5. The van der Waals surface area contributed by atoms with Crippen LogP contribution in [0.5, 0.6) is 0 Å². The Kier molecular flexibility index (Phi) is 4.70. The molecule has 1 fully saturated rings. The van der Waals surface area contributed by atoms with Crippen molar-refractivity contribution in [1.29, 1.82) is 0 Å². The zero-order valence-electron chi connectivity index (χ0n) is 14.1. The second-order valence-corrected chi connectivity index (χ2v) is 6.38. The molecule has 0 saturated carbocycles. The SMILES string of the molecule is c1ccc(-n2cc(CN[C@H]3CCCN(c4cccnn4)C3)cn2)cc1. The fraction of sp³-hybridized carbons (Fsp3) is 0.316. The number of nitrogens with zero attached hydrogens (tertiary/aromatic N) is 5. The number of aromatic nitrogens is 4. The third-order valence-electron chi connectivity index (χ3n) is 4.56. The van der Waals surface area contributed by atoms with Crippen molar-refractivity contribution in [2.45, 2.75) is 25.4 Å². The van der Waals surface area contributed by atoms with Crippen LogP contribution in [0.4, 0.5) is 5.82 Å². The Hall–Kier alpha value is -2.73. The molecule has 0 unspecified atom stereocenters. The Morgan fingerprint density at radius 1 is 1.12 bits per heavy atom. The second kappa shape index (κ2) is 7.44. The number of nitrogens with one attached hydrogen (secondary N) is 1. The molecule has 6 nitrogen and oxygen atoms in total. The van der Waals surface area contributed by atoms with Gasteiger partial charge < -0.3 is 10.2 Å². The minimum Gasteiger partial charge on any atom is -0.354 e. The summed E-state index contributed by atoms with van der Waals surface area (Å²) in [6.45, 7) is 2.83. The van der Waals surface area contributed by atoms with Gasteiger partial charge in [-0.3, -0.25) is 0 Å². The average Bonchev–Trinajstić information content (AvgIpc) is 3.17. The summed E-state index contributed by atoms with van der Waals surface area (Å²) < 4.78 is 1.92. The van der Waals surface area contributed by atoms with Gasteiger partial charge in [-0.05, 0) is 37.1 Å². The maximum Gasteiger partial charge on any atom is 0.151 e. The van der Waals surface area contributed by atoms with Gasteiger partial charge in [-0.1, -0.05) is 18.2 Å². The highest BCUT2D eigenvalue weighted by atomic mass is 15.3. The van der Waals surface area contributed by atoms with Gasteiger partial charge in [-0.25, -0.2) is 4.68 Å². The third-order valence-corrected chi connectivity index (χ3v) is 4.56. The van der Waals surface area contributed by atoms with Crippen LogP contribution in [-0.2, 0) is 6.54 Å². The van der Waals surface area contributed by atoms with Gasteiger partial charge >= 0.3 is 0 Å². The van der Waals surface area contributed by atoms with Crippen molar-refractivity contribution in [2.75, 3.05) is 18.0 Å². The number of piperidine rings is 1. The zero-order chi connectivity index (χ0) is 16.9. The second-order valence-electron chi connectivity index (χ2n) is 6.38. The van der Waals surface area contributed by atoms with Crippen LogP contribution in [0.15, 0.2) is 61.1 Å². The lowest BCUT2D eigenvalue weighted by Gasteiger charge is -2.33. The van der Waals surface area contributed by atoms with Gasteiger partial charge in [0.1, 0.15) is 0 Å². The van der Waals surface area contributed by atoms with Crippen molar-refractivity contribution in [3.05, 3.63) is 66.6 Å². The van der Waals surface area contributed by atoms with E-state index in [1.807, 2.05) is 41.2 Å². The molecule has 1 atom stereocenters. The van der Waals surface area contributed by atoms with Crippen molar-refractivity contribution < 1.29 is 0 Å². The average molecular weight is 334 g/mol. The highest BCUT2D eigenvalue weighted by molar-refractivity contribution is 5.37. The van der Waals surface area contributed by atoms with E-state index in [0.29, 0.717) is 6.04 Å². The molecule has 1 aliphatic heterocycles. The fourth-order valence-corrected chi connectivity index (χ4v) is 3.25. The Morgan fingerprint density at radius 2 is 2.04 bits per heavy atom. The molecular formula is C19H22N6. The number of benzene rings is 1. The lowest BCUT2D eigenvalue weighted by Crippen LogP contribution is -2.45. The Balaban J connectivity index is 1.35. The summed E-state index contributed by atoms with van der Waals surface area (Å²) in [6, 6.07) is 14.6. The minimum atomic E-state index is 0.454. The summed E-state index contributed by atoms with van der Waals surface area (Å²) >= 11 is 0. The predicted octanol–water partition coefficient (Wildman–Crippen LogP) is 2.42. The molecule has 0 amide bonds. The van der Waals surface area contributed by atoms with Gasteiger partial charge in [0.15, 0.2) is 5.82 Å². The molecule has 0 spiro atoms. The molecule has 2 aromatic heterocycles. The first-order chi connectivity index (χ1) is 12.4. The number of para-hydroxylation sites is 1. The van der Waals surface area contributed by atoms with Crippen LogP contribution < -0.4 is 10.2 Å². The summed E-state index contributed by atoms with van der Waals surface area (Å²) in [4.78, 5) is 2.31. The van der Waals surface area contributed by atoms with Crippen LogP contribution in [-0.4, -0.2) is 39.1 Å². The smallest absolute Gasteiger partial charge is 0.151 e. The number of anilines is 1. The zero-order valence-corrected chi connectivity index (χ0v) is 14.1. The topological polar surface area (TPSA) is 58.9 Å². The molecule has 0 aliphatic carbocycles. The first kappa shape index (κ1) is 15.8. The highest BCUT2D eigenvalue weighted by Crippen LogP contribution is 2.17. The van der Waals surface area contributed by atoms with Crippen LogP contribution in [0.3, 0.4) is 0 Å². The molecule has 0 bridgehead atoms. The molecule has 1 aliphatic rings. The monoisotopic (exact) mass is 334 g/mol. The normalized spacial score (nSPS) is 17.6. The predicted molar refractivity (Wildman–Crippen MR) is 97.7 cm³/mol. The fourth-order valence-electron chi connectivity index (χ4n) is 3.25. The molecular weight excluding hydrogens is 312 g/mol. The number of rotatable bonds is 5. The van der Waals surface area contributed by atoms with Crippen LogP contribution >= 0.6 is 0 Å². The van der Waals surface area contributed by atoms with Crippen molar-refractivity contribution in [1.82, 2.24) is 25.3 Å². The standard InChI is InChI=1S/C19H22N6/c1-2-7-18(8-3-1)25-14-16(13-22-25)12-20-17-6-5-11-24(15-17)19-9-4-10-21-23-19/h1-4,7-10,13-14,17,20H,5-6,11-12,15H2/t17-/m0/s1. The minimum absolute atomic E-state index is 0.454. The van der Waals surface area contributed by atoms with Gasteiger partial charge in [0, 0.05) is 43.6 Å². The van der Waals surface area contributed by atoms with E-state index >= 15 is 0 Å². The summed E-state index contributed by atoms with van der Waals surface area (Å²) in [5.74, 6) is 0.964. The van der Waals surface area contributed by atoms with Crippen molar-refractivity contribution >= 4 is 5.82 Å². The third kappa shape index (κ3) is 3.85. The summed E-state index contributed by atoms with van der Waals surface area (Å²) in [6.07, 6.45) is 8.09. The largest absolute Gasteiger partial charge is 0.354 e. The Morgan fingerprint density at radius 3 is 2.88 bits per heavy atom. The van der Waals surface area contributed by atoms with Gasteiger partial charge in [-0.15, -0.1) is 5.10 Å². The molecule has 25 heavy (non-hydrogen) atoms. The van der Waals surface area contributed by atoms with E-state index in [2.05, 4.69) is 43.8 Å². The highest BCUT2D eigenvalue weighted by Gasteiger charge is 2.20. The molecule has 0 radical (unpaired) electrons. The molecule has 6 heteroatoms. The van der Waals surface area contributed by atoms with Crippen molar-refractivity contribution in [3.8, 4) is 5.69 Å². The maximum atomic E-state index is 4.46. The van der Waals surface area contributed by atoms with Crippen LogP contribution in [0.2, 0.25) is 0 Å². The molecule has 3 heterocycles. The quantitative estimate of drug-likeness (QED) is 0.776. The summed E-state index contributed by atoms with van der Waals surface area (Å²) in [5.41, 5.74) is 2.28. The van der Waals surface area contributed by atoms with E-state index in [1.165, 1.54) is 12.0 Å². The lowest BCUT2D eigenvalue weighted by atomic mass is 10.1. The van der Waals surface area contributed by atoms with Gasteiger partial charge in [0.2, 0.25) is 0 Å². The van der Waals surface area contributed by atoms with E-state index in [0.717, 1.165) is 37.6 Å². The van der Waals surface area contributed by atoms with E-state index in [-0.39, 0.29) is 0 Å². The van der Waals surface area contributed by atoms with Crippen molar-refractivity contribution in [2.24, 2.45) is 0 Å². The van der Waals surface area contributed by atoms with Crippen molar-refractivity contribution in [3.63, 3.8) is 0 Å². The lowest BCUT2D eigenvalue weighted by molar-refractivity contribution is 0.419. The molecule has 128 valence electrons. The molecule has 1 saturated heterocycles. The van der Waals surface area contributed by atoms with Crippen LogP contribution in [0.1, 0.15) is 18.4 Å². The summed E-state index contributed by atoms with van der Waals surface area (Å²) in [5, 5.41) is 16.3. The molecule has 1 aromatic carbocycles. The van der Waals surface area contributed by atoms with Crippen LogP contribution in [0, 0.1) is 0 Å². The molecule has 1 N–H and O–H groups in total. The van der Waals surface area contributed by atoms with E-state index in [1.54, 1.807) is 6.20 Å². The van der Waals surface area contributed by atoms with E-state index in [4.69, 9.17) is 0 Å². The molecule has 4 rings (SSSR count). The summed E-state index contributed by atoms with van der Waals surface area (Å²) in [7, 11) is 0. The van der Waals surface area contributed by atoms with Gasteiger partial charge in [0.05, 0.1) is 11.9 Å². The number of hydrogen-bond donors (Lipinski definition) is 1. The van der Waals surface area contributed by atoms with Gasteiger partial charge in [-0.2, -0.15) is 10.2 Å². The molecule has 3 aromatic rings. The van der Waals surface area contributed by atoms with E-state index < -0.39 is 0 Å². The first-order valence-electron chi connectivity index (χ1n) is 8.73. The van der Waals surface area contributed by atoms with Crippen LogP contribution in [0.25, 0.3) is 5.69 Å². The Labute approximate surface area is 147 Å². The first-order valence-corrected chi connectivity index (χ1v) is 8.73.